The lowest BCUT2D eigenvalue weighted by molar-refractivity contribution is 0.102. The van der Waals surface area contributed by atoms with E-state index in [4.69, 9.17) is 34.8 Å². The van der Waals surface area contributed by atoms with E-state index in [2.05, 4.69) is 5.32 Å². The van der Waals surface area contributed by atoms with E-state index in [1.807, 2.05) is 6.92 Å². The van der Waals surface area contributed by atoms with E-state index in [0.717, 1.165) is 16.9 Å². The monoisotopic (exact) mass is 319 g/mol. The number of halogens is 3. The van der Waals surface area contributed by atoms with Gasteiger partial charge in [0.25, 0.3) is 5.91 Å². The van der Waals surface area contributed by atoms with Crippen molar-refractivity contribution in [3.8, 4) is 0 Å². The molecule has 0 saturated heterocycles. The molecule has 0 aliphatic carbocycles. The van der Waals surface area contributed by atoms with E-state index >= 15 is 0 Å². The second-order valence-electron chi connectivity index (χ2n) is 3.60. The topological polar surface area (TPSA) is 29.1 Å². The van der Waals surface area contributed by atoms with Gasteiger partial charge < -0.3 is 5.32 Å². The molecule has 1 amide bonds. The van der Waals surface area contributed by atoms with Gasteiger partial charge in [-0.2, -0.15) is 0 Å². The zero-order valence-corrected chi connectivity index (χ0v) is 12.3. The summed E-state index contributed by atoms with van der Waals surface area (Å²) in [6.45, 7) is 1.83. The molecular weight excluding hydrogens is 313 g/mol. The van der Waals surface area contributed by atoms with Crippen LogP contribution in [0.25, 0.3) is 0 Å². The minimum Gasteiger partial charge on any atom is -0.322 e. The first-order valence-corrected chi connectivity index (χ1v) is 6.95. The molecule has 0 fully saturated rings. The Balaban J connectivity index is 2.27. The lowest BCUT2D eigenvalue weighted by Gasteiger charge is -2.08. The van der Waals surface area contributed by atoms with Crippen LogP contribution in [0.4, 0.5) is 5.69 Å². The van der Waals surface area contributed by atoms with Crippen molar-refractivity contribution in [3.63, 3.8) is 0 Å². The van der Waals surface area contributed by atoms with Crippen LogP contribution >= 0.6 is 46.1 Å². The maximum Gasteiger partial charge on any atom is 0.258 e. The quantitative estimate of drug-likeness (QED) is 0.802. The molecule has 2 nitrogen and oxygen atoms in total. The molecule has 6 heteroatoms. The van der Waals surface area contributed by atoms with Crippen molar-refractivity contribution < 1.29 is 4.79 Å². The van der Waals surface area contributed by atoms with Crippen LogP contribution in [-0.2, 0) is 0 Å². The van der Waals surface area contributed by atoms with E-state index in [0.29, 0.717) is 24.9 Å². The second-order valence-corrected chi connectivity index (χ2v) is 6.30. The summed E-state index contributed by atoms with van der Waals surface area (Å²) in [5, 5.41) is 3.36. The van der Waals surface area contributed by atoms with Gasteiger partial charge in [0.1, 0.15) is 4.34 Å². The molecule has 0 bridgehead atoms. The van der Waals surface area contributed by atoms with Gasteiger partial charge in [-0.3, -0.25) is 4.79 Å². The molecule has 0 atom stereocenters. The summed E-state index contributed by atoms with van der Waals surface area (Å²) in [5.74, 6) is -0.298. The highest BCUT2D eigenvalue weighted by molar-refractivity contribution is 7.20. The Hall–Kier alpha value is -0.740. The third-order valence-electron chi connectivity index (χ3n) is 2.42. The third kappa shape index (κ3) is 2.81. The van der Waals surface area contributed by atoms with Crippen molar-refractivity contribution >= 4 is 57.7 Å². The molecule has 1 aromatic carbocycles. The van der Waals surface area contributed by atoms with Crippen LogP contribution in [-0.4, -0.2) is 5.91 Å². The summed E-state index contributed by atoms with van der Waals surface area (Å²) >= 11 is 18.9. The molecule has 1 aromatic heterocycles. The Kier molecular flexibility index (Phi) is 4.17. The summed E-state index contributed by atoms with van der Waals surface area (Å²) in [4.78, 5) is 12.0. The van der Waals surface area contributed by atoms with Crippen LogP contribution in [0.2, 0.25) is 13.7 Å². The first kappa shape index (κ1) is 13.7. The van der Waals surface area contributed by atoms with Crippen molar-refractivity contribution in [2.24, 2.45) is 0 Å². The molecule has 94 valence electrons. The molecule has 0 aliphatic heterocycles. The largest absolute Gasteiger partial charge is 0.322 e. The number of nitrogens with one attached hydrogen (secondary N) is 1. The van der Waals surface area contributed by atoms with Gasteiger partial charge in [-0.1, -0.05) is 40.9 Å². The minimum absolute atomic E-state index is 0.298. The van der Waals surface area contributed by atoms with E-state index < -0.39 is 0 Å². The maximum absolute atomic E-state index is 12.0. The lowest BCUT2D eigenvalue weighted by Crippen LogP contribution is -2.12. The van der Waals surface area contributed by atoms with Gasteiger partial charge in [0, 0.05) is 10.7 Å². The van der Waals surface area contributed by atoms with Crippen LogP contribution in [0.3, 0.4) is 0 Å². The van der Waals surface area contributed by atoms with Gasteiger partial charge in [-0.15, -0.1) is 11.3 Å². The lowest BCUT2D eigenvalue weighted by atomic mass is 10.2. The zero-order chi connectivity index (χ0) is 13.3. The number of thiophene rings is 1. The molecule has 0 saturated carbocycles. The maximum atomic E-state index is 12.0. The average Bonchev–Trinajstić information content (AvgIpc) is 2.64. The molecule has 1 heterocycles. The second kappa shape index (κ2) is 5.49. The molecule has 2 rings (SSSR count). The number of anilines is 1. The average molecular weight is 321 g/mol. The summed E-state index contributed by atoms with van der Waals surface area (Å²) < 4.78 is 0.852. The van der Waals surface area contributed by atoms with E-state index in [1.165, 1.54) is 0 Å². The minimum atomic E-state index is -0.298. The number of hydrogen-bond donors (Lipinski definition) is 1. The highest BCUT2D eigenvalue weighted by Crippen LogP contribution is 2.32. The number of amides is 1. The van der Waals surface area contributed by atoms with Gasteiger partial charge in [0.05, 0.1) is 9.90 Å². The van der Waals surface area contributed by atoms with Crippen LogP contribution in [0, 0.1) is 6.92 Å². The molecule has 0 unspecified atom stereocenters. The summed E-state index contributed by atoms with van der Waals surface area (Å²) in [6, 6.07) is 6.86. The molecule has 18 heavy (non-hydrogen) atoms. The van der Waals surface area contributed by atoms with E-state index in [9.17, 15) is 4.79 Å². The molecule has 0 spiro atoms. The van der Waals surface area contributed by atoms with Gasteiger partial charge >= 0.3 is 0 Å². The number of benzene rings is 1. The molecule has 2 aromatic rings. The number of carbonyl (C=O) groups excluding carboxylic acids is 1. The van der Waals surface area contributed by atoms with Crippen LogP contribution in [0.15, 0.2) is 24.3 Å². The normalized spacial score (nSPS) is 10.4. The number of hydrogen-bond acceptors (Lipinski definition) is 2. The molecular formula is C12H8Cl3NOS. The highest BCUT2D eigenvalue weighted by atomic mass is 35.5. The Morgan fingerprint density at radius 1 is 1.28 bits per heavy atom. The standard InChI is InChI=1S/C12H8Cl3NOS/c1-6-8(13)3-2-4-9(6)16-12(17)7-5-10(14)18-11(7)15/h2-5H,1H3,(H,16,17). The smallest absolute Gasteiger partial charge is 0.258 e. The van der Waals surface area contributed by atoms with Crippen molar-refractivity contribution in [2.45, 2.75) is 6.92 Å². The first-order valence-electron chi connectivity index (χ1n) is 5.00. The Morgan fingerprint density at radius 2 is 2.00 bits per heavy atom. The van der Waals surface area contributed by atoms with Gasteiger partial charge in [-0.25, -0.2) is 0 Å². The Labute approximate surface area is 123 Å². The van der Waals surface area contributed by atoms with Gasteiger partial charge in [0.15, 0.2) is 0 Å². The fourth-order valence-corrected chi connectivity index (χ4v) is 3.06. The SMILES string of the molecule is Cc1c(Cl)cccc1NC(=O)c1cc(Cl)sc1Cl. The number of carbonyl (C=O) groups is 1. The van der Waals surface area contributed by atoms with E-state index in [1.54, 1.807) is 24.3 Å². The predicted octanol–water partition coefficient (Wildman–Crippen LogP) is 5.27. The van der Waals surface area contributed by atoms with Crippen molar-refractivity contribution in [2.75, 3.05) is 5.32 Å². The van der Waals surface area contributed by atoms with Crippen LogP contribution in [0.5, 0.6) is 0 Å². The third-order valence-corrected chi connectivity index (χ3v) is 4.31. The summed E-state index contributed by atoms with van der Waals surface area (Å²) in [7, 11) is 0. The highest BCUT2D eigenvalue weighted by Gasteiger charge is 2.15. The molecule has 0 radical (unpaired) electrons. The van der Waals surface area contributed by atoms with Crippen molar-refractivity contribution in [1.82, 2.24) is 0 Å². The van der Waals surface area contributed by atoms with Gasteiger partial charge in [0.2, 0.25) is 0 Å². The van der Waals surface area contributed by atoms with Crippen molar-refractivity contribution in [3.05, 3.63) is 49.1 Å². The first-order chi connectivity index (χ1) is 8.49. The predicted molar refractivity (Wildman–Crippen MR) is 78.5 cm³/mol. The number of rotatable bonds is 2. The van der Waals surface area contributed by atoms with Gasteiger partial charge in [-0.05, 0) is 30.7 Å². The van der Waals surface area contributed by atoms with Crippen LogP contribution in [0.1, 0.15) is 15.9 Å². The van der Waals surface area contributed by atoms with E-state index in [-0.39, 0.29) is 5.91 Å². The fourth-order valence-electron chi connectivity index (χ4n) is 1.43. The molecule has 1 N–H and O–H groups in total. The van der Waals surface area contributed by atoms with Crippen LogP contribution < -0.4 is 5.32 Å². The fraction of sp³-hybridized carbons (Fsp3) is 0.0833. The Morgan fingerprint density at radius 3 is 2.61 bits per heavy atom. The zero-order valence-electron chi connectivity index (χ0n) is 9.26. The summed E-state index contributed by atoms with van der Waals surface area (Å²) in [6.07, 6.45) is 0. The Bertz CT molecular complexity index is 609. The van der Waals surface area contributed by atoms with Crippen molar-refractivity contribution in [1.29, 1.82) is 0 Å². The summed E-state index contributed by atoms with van der Waals surface area (Å²) in [5.41, 5.74) is 1.84. The molecule has 0 aliphatic rings.